The molecule has 3 N–H and O–H groups in total. The molecule has 0 bridgehead atoms. The number of aryl methyl sites for hydroxylation is 1. The summed E-state index contributed by atoms with van der Waals surface area (Å²) in [7, 11) is 1.53. The molecule has 0 aromatic heterocycles. The first-order chi connectivity index (χ1) is 13.3. The van der Waals surface area contributed by atoms with Crippen molar-refractivity contribution >= 4 is 17.9 Å². The summed E-state index contributed by atoms with van der Waals surface area (Å²) in [5.41, 5.74) is 3.48. The van der Waals surface area contributed by atoms with E-state index in [-0.39, 0.29) is 31.4 Å². The maximum atomic E-state index is 12.4. The first kappa shape index (κ1) is 21.0. The summed E-state index contributed by atoms with van der Waals surface area (Å²) in [5.74, 6) is -1.14. The Balaban J connectivity index is 1.86. The summed E-state index contributed by atoms with van der Waals surface area (Å²) in [6.45, 7) is 2.82. The van der Waals surface area contributed by atoms with E-state index in [0.717, 1.165) is 11.1 Å². The zero-order valence-electron chi connectivity index (χ0n) is 16.1. The molecule has 2 aromatic rings. The van der Waals surface area contributed by atoms with Crippen LogP contribution in [0.15, 0.2) is 48.5 Å². The number of carbonyl (C=O) groups is 3. The van der Waals surface area contributed by atoms with Crippen LogP contribution >= 0.6 is 0 Å². The molecule has 148 valence electrons. The molecular weight excluding hydrogens is 358 g/mol. The molecule has 7 heteroatoms. The van der Waals surface area contributed by atoms with Crippen molar-refractivity contribution in [3.8, 4) is 0 Å². The second kappa shape index (κ2) is 10.1. The van der Waals surface area contributed by atoms with Gasteiger partial charge in [0.25, 0.3) is 5.91 Å². The number of carbonyl (C=O) groups excluding carboxylic acids is 2. The van der Waals surface area contributed by atoms with Crippen molar-refractivity contribution in [3.05, 3.63) is 70.8 Å². The van der Waals surface area contributed by atoms with Gasteiger partial charge in [0.15, 0.2) is 0 Å². The van der Waals surface area contributed by atoms with Gasteiger partial charge in [-0.1, -0.05) is 42.0 Å². The first-order valence-corrected chi connectivity index (χ1v) is 8.98. The van der Waals surface area contributed by atoms with Gasteiger partial charge in [-0.2, -0.15) is 0 Å². The second-order valence-corrected chi connectivity index (χ2v) is 6.59. The Labute approximate surface area is 164 Å². The fraction of sp³-hybridized carbons (Fsp3) is 0.286. The smallest absolute Gasteiger partial charge is 0.317 e. The Morgan fingerprint density at radius 3 is 2.32 bits per heavy atom. The molecule has 0 aliphatic rings. The van der Waals surface area contributed by atoms with E-state index < -0.39 is 5.97 Å². The molecule has 0 atom stereocenters. The molecule has 0 spiro atoms. The van der Waals surface area contributed by atoms with Gasteiger partial charge in [-0.05, 0) is 30.2 Å². The van der Waals surface area contributed by atoms with E-state index in [1.807, 2.05) is 37.3 Å². The molecule has 0 saturated carbocycles. The highest BCUT2D eigenvalue weighted by Crippen LogP contribution is 2.07. The minimum Gasteiger partial charge on any atom is -0.481 e. The number of hydrogen-bond acceptors (Lipinski definition) is 3. The van der Waals surface area contributed by atoms with Crippen LogP contribution in [0.2, 0.25) is 0 Å². The Morgan fingerprint density at radius 1 is 0.964 bits per heavy atom. The summed E-state index contributed by atoms with van der Waals surface area (Å²) < 4.78 is 0. The summed E-state index contributed by atoms with van der Waals surface area (Å²) in [4.78, 5) is 36.2. The lowest BCUT2D eigenvalue weighted by Crippen LogP contribution is -2.38. The van der Waals surface area contributed by atoms with Crippen molar-refractivity contribution in [1.82, 2.24) is 15.5 Å². The van der Waals surface area contributed by atoms with Crippen molar-refractivity contribution in [2.45, 2.75) is 26.4 Å². The van der Waals surface area contributed by atoms with Gasteiger partial charge in [0.05, 0.1) is 6.42 Å². The summed E-state index contributed by atoms with van der Waals surface area (Å²) in [5, 5.41) is 14.3. The molecule has 0 aliphatic heterocycles. The minimum atomic E-state index is -0.955. The molecule has 0 fully saturated rings. The van der Waals surface area contributed by atoms with E-state index in [1.54, 1.807) is 18.2 Å². The Morgan fingerprint density at radius 2 is 1.64 bits per heavy atom. The number of urea groups is 1. The number of amides is 3. The third kappa shape index (κ3) is 6.75. The highest BCUT2D eigenvalue weighted by atomic mass is 16.4. The highest BCUT2D eigenvalue weighted by molar-refractivity contribution is 5.94. The van der Waals surface area contributed by atoms with Crippen LogP contribution in [-0.2, 0) is 17.9 Å². The molecule has 0 aliphatic carbocycles. The average Bonchev–Trinajstić information content (AvgIpc) is 2.69. The molecule has 0 heterocycles. The van der Waals surface area contributed by atoms with E-state index in [9.17, 15) is 14.4 Å². The molecule has 0 saturated heterocycles. The summed E-state index contributed by atoms with van der Waals surface area (Å²) >= 11 is 0. The predicted molar refractivity (Wildman–Crippen MR) is 106 cm³/mol. The number of carboxylic acids is 1. The van der Waals surface area contributed by atoms with Gasteiger partial charge < -0.3 is 20.6 Å². The van der Waals surface area contributed by atoms with Crippen molar-refractivity contribution in [2.75, 3.05) is 13.6 Å². The van der Waals surface area contributed by atoms with Crippen LogP contribution in [0.25, 0.3) is 0 Å². The third-order valence-corrected chi connectivity index (χ3v) is 4.21. The fourth-order valence-electron chi connectivity index (χ4n) is 2.49. The lowest BCUT2D eigenvalue weighted by molar-refractivity contribution is -0.137. The highest BCUT2D eigenvalue weighted by Gasteiger charge is 2.11. The number of nitrogens with zero attached hydrogens (tertiary/aromatic N) is 1. The predicted octanol–water partition coefficient (Wildman–Crippen LogP) is 2.54. The Kier molecular flexibility index (Phi) is 7.56. The maximum absolute atomic E-state index is 12.4. The third-order valence-electron chi connectivity index (χ3n) is 4.21. The van der Waals surface area contributed by atoms with Crippen LogP contribution in [0.3, 0.4) is 0 Å². The van der Waals surface area contributed by atoms with Gasteiger partial charge in [-0.3, -0.25) is 9.59 Å². The van der Waals surface area contributed by atoms with Crippen LogP contribution in [0, 0.1) is 6.92 Å². The SMILES string of the molecule is Cc1ccc(CNC(=O)c2cccc(CNC(=O)N(C)CCC(=O)O)c2)cc1. The van der Waals surface area contributed by atoms with E-state index >= 15 is 0 Å². The van der Waals surface area contributed by atoms with Crippen LogP contribution in [0.5, 0.6) is 0 Å². The zero-order valence-corrected chi connectivity index (χ0v) is 16.1. The van der Waals surface area contributed by atoms with Gasteiger partial charge in [0, 0.05) is 32.2 Å². The molecule has 2 rings (SSSR count). The lowest BCUT2D eigenvalue weighted by atomic mass is 10.1. The van der Waals surface area contributed by atoms with Crippen molar-refractivity contribution in [3.63, 3.8) is 0 Å². The number of rotatable bonds is 8. The van der Waals surface area contributed by atoms with Crippen LogP contribution in [-0.4, -0.2) is 41.5 Å². The van der Waals surface area contributed by atoms with Gasteiger partial charge in [0.2, 0.25) is 0 Å². The van der Waals surface area contributed by atoms with Crippen molar-refractivity contribution < 1.29 is 19.5 Å². The monoisotopic (exact) mass is 383 g/mol. The van der Waals surface area contributed by atoms with Crippen LogP contribution in [0.4, 0.5) is 4.79 Å². The quantitative estimate of drug-likeness (QED) is 0.652. The Bertz CT molecular complexity index is 834. The van der Waals surface area contributed by atoms with Gasteiger partial charge in [0.1, 0.15) is 0 Å². The molecule has 0 unspecified atom stereocenters. The molecular formula is C21H25N3O4. The maximum Gasteiger partial charge on any atom is 0.317 e. The van der Waals surface area contributed by atoms with E-state index in [0.29, 0.717) is 12.1 Å². The molecule has 28 heavy (non-hydrogen) atoms. The number of hydrogen-bond donors (Lipinski definition) is 3. The number of nitrogens with one attached hydrogen (secondary N) is 2. The molecule has 0 radical (unpaired) electrons. The average molecular weight is 383 g/mol. The Hall–Kier alpha value is -3.35. The first-order valence-electron chi connectivity index (χ1n) is 8.98. The standard InChI is InChI=1S/C21H25N3O4/c1-15-6-8-16(9-7-15)13-22-20(27)18-5-3-4-17(12-18)14-23-21(28)24(2)11-10-19(25)26/h3-9,12H,10-11,13-14H2,1-2H3,(H,22,27)(H,23,28)(H,25,26). The summed E-state index contributed by atoms with van der Waals surface area (Å²) in [6, 6.07) is 14.6. The van der Waals surface area contributed by atoms with E-state index in [2.05, 4.69) is 10.6 Å². The van der Waals surface area contributed by atoms with E-state index in [4.69, 9.17) is 5.11 Å². The number of aliphatic carboxylic acids is 1. The minimum absolute atomic E-state index is 0.111. The van der Waals surface area contributed by atoms with Crippen LogP contribution in [0.1, 0.15) is 33.5 Å². The topological polar surface area (TPSA) is 98.7 Å². The number of carboxylic acid groups (broad SMARTS) is 1. The number of benzene rings is 2. The van der Waals surface area contributed by atoms with Crippen molar-refractivity contribution in [1.29, 1.82) is 0 Å². The molecule has 3 amide bonds. The second-order valence-electron chi connectivity index (χ2n) is 6.59. The zero-order chi connectivity index (χ0) is 20.5. The normalized spacial score (nSPS) is 10.2. The van der Waals surface area contributed by atoms with Gasteiger partial charge in [-0.15, -0.1) is 0 Å². The lowest BCUT2D eigenvalue weighted by Gasteiger charge is -2.17. The van der Waals surface area contributed by atoms with Crippen molar-refractivity contribution in [2.24, 2.45) is 0 Å². The fourth-order valence-corrected chi connectivity index (χ4v) is 2.49. The summed E-state index contributed by atoms with van der Waals surface area (Å²) in [6.07, 6.45) is -0.111. The van der Waals surface area contributed by atoms with Gasteiger partial charge in [-0.25, -0.2) is 4.79 Å². The molecule has 2 aromatic carbocycles. The largest absolute Gasteiger partial charge is 0.481 e. The molecule has 7 nitrogen and oxygen atoms in total. The van der Waals surface area contributed by atoms with Crippen LogP contribution < -0.4 is 10.6 Å². The van der Waals surface area contributed by atoms with E-state index in [1.165, 1.54) is 17.5 Å². The van der Waals surface area contributed by atoms with Gasteiger partial charge >= 0.3 is 12.0 Å².